The molecule has 2 aliphatic heterocycles. The first-order valence-corrected chi connectivity index (χ1v) is 12.9. The second kappa shape index (κ2) is 11.3. The number of thiophene rings is 1. The highest BCUT2D eigenvalue weighted by Crippen LogP contribution is 2.28. The number of nitrogens with zero attached hydrogens (tertiary/aromatic N) is 3. The van der Waals surface area contributed by atoms with Gasteiger partial charge in [-0.25, -0.2) is 0 Å². The van der Waals surface area contributed by atoms with Crippen molar-refractivity contribution in [2.45, 2.75) is 38.3 Å². The molecule has 2 amide bonds. The number of piperidine rings is 1. The van der Waals surface area contributed by atoms with E-state index >= 15 is 0 Å². The maximum Gasteiger partial charge on any atom is 0.254 e. The quantitative estimate of drug-likeness (QED) is 0.624. The van der Waals surface area contributed by atoms with E-state index < -0.39 is 0 Å². The van der Waals surface area contributed by atoms with Crippen molar-refractivity contribution in [2.75, 3.05) is 46.4 Å². The summed E-state index contributed by atoms with van der Waals surface area (Å²) in [6, 6.07) is 12.3. The van der Waals surface area contributed by atoms with Gasteiger partial charge in [0.2, 0.25) is 5.91 Å². The standard InChI is InChI=1S/C26H35N3O3S/c1-20(28-13-15-32-16-14-28)25(30)29-11-8-22(9-12-29)24(18-21-6-4-3-5-7-21)27(2)26(31)23-10-17-33-19-23/h3-7,10,17,19-20,22,24H,8-9,11-16,18H2,1-2H3. The summed E-state index contributed by atoms with van der Waals surface area (Å²) < 4.78 is 5.43. The molecule has 178 valence electrons. The average molecular weight is 470 g/mol. The molecular formula is C26H35N3O3S. The molecule has 2 atom stereocenters. The van der Waals surface area contributed by atoms with E-state index in [1.807, 2.05) is 46.7 Å². The number of morpholine rings is 1. The molecule has 0 N–H and O–H groups in total. The summed E-state index contributed by atoms with van der Waals surface area (Å²) in [5.41, 5.74) is 2.00. The van der Waals surface area contributed by atoms with Crippen LogP contribution in [0.5, 0.6) is 0 Å². The van der Waals surface area contributed by atoms with Crippen LogP contribution in [-0.4, -0.2) is 85.0 Å². The van der Waals surface area contributed by atoms with E-state index in [4.69, 9.17) is 4.74 Å². The summed E-state index contributed by atoms with van der Waals surface area (Å²) in [6.07, 6.45) is 2.66. The average Bonchev–Trinajstić information content (AvgIpc) is 3.42. The zero-order valence-corrected chi connectivity index (χ0v) is 20.5. The number of benzene rings is 1. The molecule has 1 aromatic heterocycles. The van der Waals surface area contributed by atoms with Crippen molar-refractivity contribution >= 4 is 23.2 Å². The van der Waals surface area contributed by atoms with Crippen molar-refractivity contribution in [1.29, 1.82) is 0 Å². The Bertz CT molecular complexity index is 891. The van der Waals surface area contributed by atoms with Gasteiger partial charge in [0.05, 0.1) is 24.8 Å². The highest BCUT2D eigenvalue weighted by atomic mass is 32.1. The minimum Gasteiger partial charge on any atom is -0.379 e. The van der Waals surface area contributed by atoms with Gasteiger partial charge in [-0.1, -0.05) is 30.3 Å². The minimum atomic E-state index is -0.103. The number of carbonyl (C=O) groups excluding carboxylic acids is 2. The number of hydrogen-bond donors (Lipinski definition) is 0. The van der Waals surface area contributed by atoms with Crippen LogP contribution in [0.4, 0.5) is 0 Å². The van der Waals surface area contributed by atoms with Crippen LogP contribution in [0, 0.1) is 5.92 Å². The van der Waals surface area contributed by atoms with Crippen molar-refractivity contribution in [3.63, 3.8) is 0 Å². The summed E-state index contributed by atoms with van der Waals surface area (Å²) in [7, 11) is 1.94. The summed E-state index contributed by atoms with van der Waals surface area (Å²) in [6.45, 7) is 6.56. The first kappa shape index (κ1) is 23.9. The maximum absolute atomic E-state index is 13.2. The Morgan fingerprint density at radius 3 is 2.42 bits per heavy atom. The molecule has 0 radical (unpaired) electrons. The van der Waals surface area contributed by atoms with E-state index in [1.165, 1.54) is 5.56 Å². The van der Waals surface area contributed by atoms with Gasteiger partial charge in [-0.3, -0.25) is 14.5 Å². The van der Waals surface area contributed by atoms with Crippen LogP contribution in [0.15, 0.2) is 47.2 Å². The van der Waals surface area contributed by atoms with Gasteiger partial charge in [0.15, 0.2) is 0 Å². The molecule has 4 rings (SSSR count). The van der Waals surface area contributed by atoms with Crippen LogP contribution < -0.4 is 0 Å². The highest BCUT2D eigenvalue weighted by molar-refractivity contribution is 7.08. The molecule has 2 fully saturated rings. The van der Waals surface area contributed by atoms with Gasteiger partial charge in [-0.2, -0.15) is 11.3 Å². The van der Waals surface area contributed by atoms with Gasteiger partial charge < -0.3 is 14.5 Å². The minimum absolute atomic E-state index is 0.0802. The Morgan fingerprint density at radius 2 is 1.79 bits per heavy atom. The Morgan fingerprint density at radius 1 is 1.09 bits per heavy atom. The topological polar surface area (TPSA) is 53.1 Å². The van der Waals surface area contributed by atoms with Crippen molar-refractivity contribution < 1.29 is 14.3 Å². The lowest BCUT2D eigenvalue weighted by Crippen LogP contribution is -2.54. The second-order valence-electron chi connectivity index (χ2n) is 9.17. The molecule has 1 aromatic carbocycles. The highest BCUT2D eigenvalue weighted by Gasteiger charge is 2.35. The number of amides is 2. The van der Waals surface area contributed by atoms with Crippen LogP contribution in [0.2, 0.25) is 0 Å². The first-order chi connectivity index (χ1) is 16.0. The normalized spacial score (nSPS) is 19.8. The smallest absolute Gasteiger partial charge is 0.254 e. The van der Waals surface area contributed by atoms with Crippen LogP contribution in [0.25, 0.3) is 0 Å². The van der Waals surface area contributed by atoms with E-state index in [0.717, 1.165) is 51.0 Å². The Hall–Kier alpha value is -2.22. The van der Waals surface area contributed by atoms with Crippen LogP contribution in [0.1, 0.15) is 35.7 Å². The molecule has 0 spiro atoms. The summed E-state index contributed by atoms with van der Waals surface area (Å²) in [5.74, 6) is 0.662. The molecule has 0 saturated carbocycles. The van der Waals surface area contributed by atoms with Crippen LogP contribution in [-0.2, 0) is 16.0 Å². The van der Waals surface area contributed by atoms with Crippen LogP contribution in [0.3, 0.4) is 0 Å². The van der Waals surface area contributed by atoms with Crippen molar-refractivity contribution in [3.8, 4) is 0 Å². The fourth-order valence-electron chi connectivity index (χ4n) is 5.11. The van der Waals surface area contributed by atoms with Crippen molar-refractivity contribution in [1.82, 2.24) is 14.7 Å². The zero-order valence-electron chi connectivity index (χ0n) is 19.7. The van der Waals surface area contributed by atoms with Gasteiger partial charge in [-0.05, 0) is 49.1 Å². The molecule has 0 aliphatic carbocycles. The molecule has 2 saturated heterocycles. The van der Waals surface area contributed by atoms with E-state index in [-0.39, 0.29) is 23.9 Å². The second-order valence-corrected chi connectivity index (χ2v) is 9.95. The van der Waals surface area contributed by atoms with Crippen molar-refractivity contribution in [3.05, 3.63) is 58.3 Å². The molecule has 6 nitrogen and oxygen atoms in total. The molecule has 2 aromatic rings. The van der Waals surface area contributed by atoms with Gasteiger partial charge in [0, 0.05) is 44.6 Å². The predicted molar refractivity (Wildman–Crippen MR) is 132 cm³/mol. The summed E-state index contributed by atoms with van der Waals surface area (Å²) in [4.78, 5) is 32.5. The third-order valence-electron chi connectivity index (χ3n) is 7.22. The Kier molecular flexibility index (Phi) is 8.17. The van der Waals surface area contributed by atoms with Gasteiger partial charge in [0.1, 0.15) is 0 Å². The fraction of sp³-hybridized carbons (Fsp3) is 0.538. The molecule has 33 heavy (non-hydrogen) atoms. The molecule has 7 heteroatoms. The number of ether oxygens (including phenoxy) is 1. The van der Waals surface area contributed by atoms with Gasteiger partial charge in [0.25, 0.3) is 5.91 Å². The zero-order chi connectivity index (χ0) is 23.2. The number of carbonyl (C=O) groups is 2. The third-order valence-corrected chi connectivity index (χ3v) is 7.90. The molecular weight excluding hydrogens is 434 g/mol. The molecule has 0 bridgehead atoms. The maximum atomic E-state index is 13.2. The Balaban J connectivity index is 1.42. The van der Waals surface area contributed by atoms with E-state index in [1.54, 1.807) is 11.3 Å². The predicted octanol–water partition coefficient (Wildman–Crippen LogP) is 3.39. The third kappa shape index (κ3) is 5.83. The van der Waals surface area contributed by atoms with E-state index in [2.05, 4.69) is 29.2 Å². The van der Waals surface area contributed by atoms with Gasteiger partial charge >= 0.3 is 0 Å². The van der Waals surface area contributed by atoms with Crippen LogP contribution >= 0.6 is 11.3 Å². The van der Waals surface area contributed by atoms with Crippen molar-refractivity contribution in [2.24, 2.45) is 5.92 Å². The molecule has 2 aliphatic rings. The molecule has 2 unspecified atom stereocenters. The summed E-state index contributed by atoms with van der Waals surface area (Å²) in [5, 5.41) is 3.87. The SMILES string of the molecule is CC(C(=O)N1CCC(C(Cc2ccccc2)N(C)C(=O)c2ccsc2)CC1)N1CCOCC1. The lowest BCUT2D eigenvalue weighted by Gasteiger charge is -2.42. The number of likely N-dealkylation sites (tertiary alicyclic amines) is 1. The number of rotatable bonds is 7. The molecule has 3 heterocycles. The lowest BCUT2D eigenvalue weighted by atomic mass is 9.84. The Labute approximate surface area is 201 Å². The number of hydrogen-bond acceptors (Lipinski definition) is 5. The lowest BCUT2D eigenvalue weighted by molar-refractivity contribution is -0.139. The van der Waals surface area contributed by atoms with E-state index in [0.29, 0.717) is 19.1 Å². The largest absolute Gasteiger partial charge is 0.379 e. The first-order valence-electron chi connectivity index (χ1n) is 12.0. The monoisotopic (exact) mass is 469 g/mol. The summed E-state index contributed by atoms with van der Waals surface area (Å²) >= 11 is 1.55. The van der Waals surface area contributed by atoms with E-state index in [9.17, 15) is 9.59 Å². The number of likely N-dealkylation sites (N-methyl/N-ethyl adjacent to an activating group) is 1. The van der Waals surface area contributed by atoms with Gasteiger partial charge in [-0.15, -0.1) is 0 Å². The fourth-order valence-corrected chi connectivity index (χ4v) is 5.74.